The van der Waals surface area contributed by atoms with E-state index in [-0.39, 0.29) is 5.54 Å². The van der Waals surface area contributed by atoms with Crippen LogP contribution in [0.3, 0.4) is 0 Å². The third kappa shape index (κ3) is 3.98. The zero-order chi connectivity index (χ0) is 15.3. The molecule has 124 valence electrons. The molecule has 0 aliphatic carbocycles. The summed E-state index contributed by atoms with van der Waals surface area (Å²) in [6.07, 6.45) is 6.37. The van der Waals surface area contributed by atoms with Gasteiger partial charge in [-0.25, -0.2) is 0 Å². The second-order valence-electron chi connectivity index (χ2n) is 7.05. The number of piperidine rings is 2. The Labute approximate surface area is 131 Å². The fourth-order valence-electron chi connectivity index (χ4n) is 4.22. The molecule has 2 heterocycles. The SMILES string of the molecule is CCCN1CCC(CN)(N(C)C2CCN(CC)CC2)CC1. The number of likely N-dealkylation sites (N-methyl/N-ethyl adjacent to an activating group) is 1. The van der Waals surface area contributed by atoms with Gasteiger partial charge >= 0.3 is 0 Å². The van der Waals surface area contributed by atoms with Crippen molar-refractivity contribution in [2.75, 3.05) is 52.9 Å². The highest BCUT2D eigenvalue weighted by Gasteiger charge is 2.40. The van der Waals surface area contributed by atoms with Crippen LogP contribution in [0, 0.1) is 0 Å². The zero-order valence-corrected chi connectivity index (χ0v) is 14.5. The van der Waals surface area contributed by atoms with Crippen LogP contribution in [0.5, 0.6) is 0 Å². The molecule has 0 bridgehead atoms. The highest BCUT2D eigenvalue weighted by atomic mass is 15.3. The quantitative estimate of drug-likeness (QED) is 0.808. The van der Waals surface area contributed by atoms with Gasteiger partial charge in [-0.15, -0.1) is 0 Å². The van der Waals surface area contributed by atoms with Crippen molar-refractivity contribution in [1.29, 1.82) is 0 Å². The summed E-state index contributed by atoms with van der Waals surface area (Å²) >= 11 is 0. The van der Waals surface area contributed by atoms with E-state index < -0.39 is 0 Å². The van der Waals surface area contributed by atoms with Gasteiger partial charge in [-0.1, -0.05) is 13.8 Å². The fraction of sp³-hybridized carbons (Fsp3) is 1.00. The molecule has 4 heteroatoms. The average Bonchev–Trinajstić information content (AvgIpc) is 2.55. The molecule has 2 saturated heterocycles. The maximum Gasteiger partial charge on any atom is 0.0355 e. The molecule has 2 aliphatic heterocycles. The molecule has 2 aliphatic rings. The number of nitrogens with two attached hydrogens (primary N) is 1. The van der Waals surface area contributed by atoms with E-state index in [4.69, 9.17) is 5.73 Å². The first-order valence-electron chi connectivity index (χ1n) is 9.03. The lowest BCUT2D eigenvalue weighted by Gasteiger charge is -2.51. The van der Waals surface area contributed by atoms with E-state index in [1.165, 1.54) is 71.4 Å². The first-order chi connectivity index (χ1) is 10.1. The summed E-state index contributed by atoms with van der Waals surface area (Å²) in [5, 5.41) is 0. The van der Waals surface area contributed by atoms with Crippen LogP contribution in [-0.2, 0) is 0 Å². The third-order valence-corrected chi connectivity index (χ3v) is 6.01. The Bertz CT molecular complexity index is 291. The Balaban J connectivity index is 1.91. The summed E-state index contributed by atoms with van der Waals surface area (Å²) < 4.78 is 0. The second kappa shape index (κ2) is 7.91. The van der Waals surface area contributed by atoms with Gasteiger partial charge in [0, 0.05) is 18.1 Å². The molecule has 2 rings (SSSR count). The van der Waals surface area contributed by atoms with Crippen molar-refractivity contribution in [3.8, 4) is 0 Å². The third-order valence-electron chi connectivity index (χ3n) is 6.01. The van der Waals surface area contributed by atoms with E-state index in [1.54, 1.807) is 0 Å². The predicted molar refractivity (Wildman–Crippen MR) is 90.6 cm³/mol. The minimum absolute atomic E-state index is 0.253. The Morgan fingerprint density at radius 1 is 1.05 bits per heavy atom. The van der Waals surface area contributed by atoms with Crippen LogP contribution in [0.25, 0.3) is 0 Å². The molecule has 0 unspecified atom stereocenters. The molecule has 0 spiro atoms. The lowest BCUT2D eigenvalue weighted by atomic mass is 9.83. The minimum atomic E-state index is 0.253. The lowest BCUT2D eigenvalue weighted by molar-refractivity contribution is -0.00318. The van der Waals surface area contributed by atoms with E-state index in [2.05, 4.69) is 35.6 Å². The predicted octanol–water partition coefficient (Wildman–Crippen LogP) is 1.61. The Hall–Kier alpha value is -0.160. The Morgan fingerprint density at radius 3 is 2.14 bits per heavy atom. The number of rotatable bonds is 6. The van der Waals surface area contributed by atoms with Crippen LogP contribution >= 0.6 is 0 Å². The van der Waals surface area contributed by atoms with Crippen molar-refractivity contribution in [2.24, 2.45) is 5.73 Å². The minimum Gasteiger partial charge on any atom is -0.329 e. The number of likely N-dealkylation sites (tertiary alicyclic amines) is 2. The zero-order valence-electron chi connectivity index (χ0n) is 14.5. The number of hydrogen-bond acceptors (Lipinski definition) is 4. The fourth-order valence-corrected chi connectivity index (χ4v) is 4.22. The van der Waals surface area contributed by atoms with Crippen molar-refractivity contribution in [3.05, 3.63) is 0 Å². The molecular weight excluding hydrogens is 260 g/mol. The van der Waals surface area contributed by atoms with Gasteiger partial charge in [0.1, 0.15) is 0 Å². The summed E-state index contributed by atoms with van der Waals surface area (Å²) in [6, 6.07) is 0.731. The van der Waals surface area contributed by atoms with Crippen LogP contribution in [0.2, 0.25) is 0 Å². The van der Waals surface area contributed by atoms with E-state index in [0.717, 1.165) is 12.6 Å². The summed E-state index contributed by atoms with van der Waals surface area (Å²) in [5.74, 6) is 0. The highest BCUT2D eigenvalue weighted by Crippen LogP contribution is 2.31. The molecular formula is C17H36N4. The molecule has 4 nitrogen and oxygen atoms in total. The standard InChI is InChI=1S/C17H36N4/c1-4-10-21-13-8-17(15-18,9-14-21)19(3)16-6-11-20(5-2)12-7-16/h16H,4-15,18H2,1-3H3. The first-order valence-corrected chi connectivity index (χ1v) is 9.03. The van der Waals surface area contributed by atoms with Gasteiger partial charge in [0.15, 0.2) is 0 Å². The van der Waals surface area contributed by atoms with Crippen molar-refractivity contribution >= 4 is 0 Å². The van der Waals surface area contributed by atoms with E-state index >= 15 is 0 Å². The molecule has 0 atom stereocenters. The largest absolute Gasteiger partial charge is 0.329 e. The van der Waals surface area contributed by atoms with Gasteiger partial charge in [-0.3, -0.25) is 4.90 Å². The average molecular weight is 297 g/mol. The van der Waals surface area contributed by atoms with Gasteiger partial charge in [0.25, 0.3) is 0 Å². The van der Waals surface area contributed by atoms with E-state index in [9.17, 15) is 0 Å². The Kier molecular flexibility index (Phi) is 6.48. The van der Waals surface area contributed by atoms with Gasteiger partial charge in [0.05, 0.1) is 0 Å². The van der Waals surface area contributed by atoms with Crippen LogP contribution in [0.15, 0.2) is 0 Å². The van der Waals surface area contributed by atoms with Crippen LogP contribution < -0.4 is 5.73 Å². The van der Waals surface area contributed by atoms with Crippen molar-refractivity contribution in [2.45, 2.75) is 57.5 Å². The van der Waals surface area contributed by atoms with Gasteiger partial charge in [-0.05, 0) is 78.4 Å². The molecule has 0 saturated carbocycles. The lowest BCUT2D eigenvalue weighted by Crippen LogP contribution is -2.62. The van der Waals surface area contributed by atoms with Crippen molar-refractivity contribution < 1.29 is 0 Å². The number of nitrogens with zero attached hydrogens (tertiary/aromatic N) is 3. The molecule has 0 aromatic rings. The topological polar surface area (TPSA) is 35.7 Å². The molecule has 0 aromatic heterocycles. The van der Waals surface area contributed by atoms with Gasteiger partial charge in [-0.2, -0.15) is 0 Å². The van der Waals surface area contributed by atoms with Crippen LogP contribution in [-0.4, -0.2) is 79.1 Å². The monoisotopic (exact) mass is 296 g/mol. The van der Waals surface area contributed by atoms with Gasteiger partial charge in [0.2, 0.25) is 0 Å². The maximum atomic E-state index is 6.25. The van der Waals surface area contributed by atoms with Crippen molar-refractivity contribution in [1.82, 2.24) is 14.7 Å². The summed E-state index contributed by atoms with van der Waals surface area (Å²) in [7, 11) is 2.34. The highest BCUT2D eigenvalue weighted by molar-refractivity contribution is 4.98. The van der Waals surface area contributed by atoms with E-state index in [1.807, 2.05) is 0 Å². The van der Waals surface area contributed by atoms with Crippen LogP contribution in [0.4, 0.5) is 0 Å². The first kappa shape index (κ1) is 17.2. The van der Waals surface area contributed by atoms with Crippen LogP contribution in [0.1, 0.15) is 46.0 Å². The summed E-state index contributed by atoms with van der Waals surface area (Å²) in [5.41, 5.74) is 6.50. The van der Waals surface area contributed by atoms with Crippen molar-refractivity contribution in [3.63, 3.8) is 0 Å². The molecule has 2 N–H and O–H groups in total. The summed E-state index contributed by atoms with van der Waals surface area (Å²) in [4.78, 5) is 7.86. The molecule has 0 radical (unpaired) electrons. The molecule has 2 fully saturated rings. The van der Waals surface area contributed by atoms with Gasteiger partial charge < -0.3 is 15.5 Å². The molecule has 21 heavy (non-hydrogen) atoms. The Morgan fingerprint density at radius 2 is 1.67 bits per heavy atom. The summed E-state index contributed by atoms with van der Waals surface area (Å²) in [6.45, 7) is 12.8. The molecule has 0 amide bonds. The number of hydrogen-bond donors (Lipinski definition) is 1. The molecule has 0 aromatic carbocycles. The normalized spacial score (nSPS) is 25.6. The second-order valence-corrected chi connectivity index (χ2v) is 7.05. The maximum absolute atomic E-state index is 6.25. The van der Waals surface area contributed by atoms with E-state index in [0.29, 0.717) is 0 Å². The smallest absolute Gasteiger partial charge is 0.0355 e.